The van der Waals surface area contributed by atoms with Gasteiger partial charge in [-0.3, -0.25) is 19.2 Å². The summed E-state index contributed by atoms with van der Waals surface area (Å²) in [5.74, 6) is -2.01. The standard InChI is InChI=1S/C43H74O8/c1-3-5-7-9-11-13-15-16-18-20-22-28-32-36-43(48)51-39(38-50-42(47)35-31-27-24-23-25-29-33-40(44)45)37-49-41(46)34-30-26-21-19-17-14-12-10-8-6-4-2/h13,15,24-25,27,29,39H,3-12,14,16-23,26,28,30-38H2,1-2H3,(H,44,45)/b15-13-,27-24-,29-25-/t39-/m0/s1. The van der Waals surface area contributed by atoms with Crippen molar-refractivity contribution in [3.05, 3.63) is 36.5 Å². The summed E-state index contributed by atoms with van der Waals surface area (Å²) in [6, 6.07) is 0. The highest BCUT2D eigenvalue weighted by Gasteiger charge is 2.19. The van der Waals surface area contributed by atoms with E-state index in [1.165, 1.54) is 83.5 Å². The molecule has 0 unspecified atom stereocenters. The van der Waals surface area contributed by atoms with Crippen LogP contribution >= 0.6 is 0 Å². The van der Waals surface area contributed by atoms with Crippen LogP contribution in [0.4, 0.5) is 0 Å². The van der Waals surface area contributed by atoms with Crippen molar-refractivity contribution in [2.45, 2.75) is 200 Å². The molecule has 0 aliphatic carbocycles. The minimum Gasteiger partial charge on any atom is -0.481 e. The highest BCUT2D eigenvalue weighted by molar-refractivity contribution is 5.71. The first-order chi connectivity index (χ1) is 24.9. The van der Waals surface area contributed by atoms with Gasteiger partial charge in [-0.05, 0) is 51.4 Å². The third kappa shape index (κ3) is 38.2. The monoisotopic (exact) mass is 719 g/mol. The Hall–Kier alpha value is -2.90. The van der Waals surface area contributed by atoms with E-state index in [9.17, 15) is 19.2 Å². The van der Waals surface area contributed by atoms with Crippen LogP contribution in [0.5, 0.6) is 0 Å². The van der Waals surface area contributed by atoms with Gasteiger partial charge in [0.2, 0.25) is 0 Å². The van der Waals surface area contributed by atoms with E-state index in [1.807, 2.05) is 12.2 Å². The number of ether oxygens (including phenoxy) is 3. The van der Waals surface area contributed by atoms with Gasteiger partial charge in [0.15, 0.2) is 6.10 Å². The van der Waals surface area contributed by atoms with Crippen LogP contribution < -0.4 is 0 Å². The smallest absolute Gasteiger partial charge is 0.307 e. The van der Waals surface area contributed by atoms with Crippen LogP contribution in [0.1, 0.15) is 194 Å². The zero-order chi connectivity index (χ0) is 37.5. The van der Waals surface area contributed by atoms with Gasteiger partial charge in [-0.15, -0.1) is 0 Å². The van der Waals surface area contributed by atoms with Crippen LogP contribution in [0.2, 0.25) is 0 Å². The Balaban J connectivity index is 4.44. The van der Waals surface area contributed by atoms with Gasteiger partial charge in [-0.25, -0.2) is 0 Å². The average molecular weight is 719 g/mol. The van der Waals surface area contributed by atoms with Crippen LogP contribution in [-0.2, 0) is 33.4 Å². The van der Waals surface area contributed by atoms with Crippen LogP contribution in [0.15, 0.2) is 36.5 Å². The molecule has 51 heavy (non-hydrogen) atoms. The van der Waals surface area contributed by atoms with Crippen LogP contribution in [-0.4, -0.2) is 48.3 Å². The lowest BCUT2D eigenvalue weighted by Gasteiger charge is -2.18. The molecule has 0 radical (unpaired) electrons. The fraction of sp³-hybridized carbons (Fsp3) is 0.767. The first-order valence-corrected chi connectivity index (χ1v) is 20.6. The van der Waals surface area contributed by atoms with Crippen LogP contribution in [0.3, 0.4) is 0 Å². The summed E-state index contributed by atoms with van der Waals surface area (Å²) in [6.07, 6.45) is 38.3. The van der Waals surface area contributed by atoms with Crippen molar-refractivity contribution >= 4 is 23.9 Å². The second-order valence-corrected chi connectivity index (χ2v) is 13.7. The molecule has 0 amide bonds. The molecule has 0 bridgehead atoms. The Kier molecular flexibility index (Phi) is 36.2. The molecular formula is C43H74O8. The lowest BCUT2D eigenvalue weighted by molar-refractivity contribution is -0.166. The fourth-order valence-electron chi connectivity index (χ4n) is 5.57. The van der Waals surface area contributed by atoms with Crippen molar-refractivity contribution in [3.8, 4) is 0 Å². The van der Waals surface area contributed by atoms with E-state index in [4.69, 9.17) is 19.3 Å². The predicted octanol–water partition coefficient (Wildman–Crippen LogP) is 11.7. The summed E-state index contributed by atoms with van der Waals surface area (Å²) in [6.45, 7) is 4.17. The van der Waals surface area contributed by atoms with E-state index in [0.717, 1.165) is 57.8 Å². The molecule has 0 aromatic carbocycles. The maximum absolute atomic E-state index is 12.6. The van der Waals surface area contributed by atoms with Crippen molar-refractivity contribution in [2.24, 2.45) is 0 Å². The zero-order valence-electron chi connectivity index (χ0n) is 32.6. The van der Waals surface area contributed by atoms with Crippen LogP contribution in [0, 0.1) is 0 Å². The maximum Gasteiger partial charge on any atom is 0.307 e. The molecule has 0 saturated carbocycles. The minimum absolute atomic E-state index is 0.0159. The lowest BCUT2D eigenvalue weighted by atomic mass is 10.1. The molecule has 0 aliphatic heterocycles. The molecule has 0 aromatic heterocycles. The summed E-state index contributed by atoms with van der Waals surface area (Å²) in [5.41, 5.74) is 0. The largest absolute Gasteiger partial charge is 0.481 e. The molecule has 294 valence electrons. The number of aliphatic carboxylic acids is 1. The SMILES string of the molecule is CCCCCC/C=C\CCCCCCCC(=O)O[C@H](COC(=O)CC/C=C\C/C=C\CC(=O)O)COC(=O)CCCCCCCCCCCCC. The van der Waals surface area contributed by atoms with Gasteiger partial charge in [0.25, 0.3) is 0 Å². The molecule has 0 spiro atoms. The van der Waals surface area contributed by atoms with E-state index >= 15 is 0 Å². The number of hydrogen-bond donors (Lipinski definition) is 1. The van der Waals surface area contributed by atoms with Crippen LogP contribution in [0.25, 0.3) is 0 Å². The molecule has 0 aromatic rings. The number of unbranched alkanes of at least 4 members (excludes halogenated alkanes) is 19. The summed E-state index contributed by atoms with van der Waals surface area (Å²) in [7, 11) is 0. The van der Waals surface area contributed by atoms with Gasteiger partial charge in [0, 0.05) is 19.3 Å². The second-order valence-electron chi connectivity index (χ2n) is 13.7. The average Bonchev–Trinajstić information content (AvgIpc) is 3.11. The van der Waals surface area contributed by atoms with E-state index in [0.29, 0.717) is 19.3 Å². The highest BCUT2D eigenvalue weighted by atomic mass is 16.6. The Morgan fingerprint density at radius 1 is 0.471 bits per heavy atom. The lowest BCUT2D eigenvalue weighted by Crippen LogP contribution is -2.30. The first kappa shape index (κ1) is 48.1. The second kappa shape index (κ2) is 38.3. The van der Waals surface area contributed by atoms with Gasteiger partial charge >= 0.3 is 23.9 Å². The van der Waals surface area contributed by atoms with Gasteiger partial charge < -0.3 is 19.3 Å². The summed E-state index contributed by atoms with van der Waals surface area (Å²) in [4.78, 5) is 47.9. The van der Waals surface area contributed by atoms with Gasteiger partial charge in [0.05, 0.1) is 6.42 Å². The number of carbonyl (C=O) groups excluding carboxylic acids is 3. The predicted molar refractivity (Wildman–Crippen MR) is 207 cm³/mol. The van der Waals surface area contributed by atoms with Crippen molar-refractivity contribution in [3.63, 3.8) is 0 Å². The summed E-state index contributed by atoms with van der Waals surface area (Å²) in [5, 5.41) is 8.65. The number of esters is 3. The van der Waals surface area contributed by atoms with Gasteiger partial charge in [-0.2, -0.15) is 0 Å². The molecule has 0 aliphatic rings. The quantitative estimate of drug-likeness (QED) is 0.0292. The Morgan fingerprint density at radius 3 is 1.41 bits per heavy atom. The molecule has 0 rings (SSSR count). The van der Waals surface area contributed by atoms with Crippen molar-refractivity contribution < 1.29 is 38.5 Å². The molecule has 0 heterocycles. The third-order valence-electron chi connectivity index (χ3n) is 8.70. The Labute approximate surface area is 311 Å². The van der Waals surface area contributed by atoms with Gasteiger partial charge in [-0.1, -0.05) is 153 Å². The highest BCUT2D eigenvalue weighted by Crippen LogP contribution is 2.13. The number of carbonyl (C=O) groups is 4. The molecule has 1 atom stereocenters. The third-order valence-corrected chi connectivity index (χ3v) is 8.70. The van der Waals surface area contributed by atoms with E-state index in [2.05, 4.69) is 26.0 Å². The minimum atomic E-state index is -0.876. The number of carboxylic acids is 1. The molecule has 1 N–H and O–H groups in total. The first-order valence-electron chi connectivity index (χ1n) is 20.6. The van der Waals surface area contributed by atoms with Crippen molar-refractivity contribution in [1.82, 2.24) is 0 Å². The summed E-state index contributed by atoms with van der Waals surface area (Å²) < 4.78 is 16.4. The maximum atomic E-state index is 12.6. The summed E-state index contributed by atoms with van der Waals surface area (Å²) >= 11 is 0. The number of rotatable bonds is 37. The molecule has 0 saturated heterocycles. The zero-order valence-corrected chi connectivity index (χ0v) is 32.6. The van der Waals surface area contributed by atoms with E-state index in [-0.39, 0.29) is 44.4 Å². The number of hydrogen-bond acceptors (Lipinski definition) is 7. The van der Waals surface area contributed by atoms with E-state index in [1.54, 1.807) is 12.2 Å². The van der Waals surface area contributed by atoms with Crippen molar-refractivity contribution in [2.75, 3.05) is 13.2 Å². The number of allylic oxidation sites excluding steroid dienone is 5. The number of carboxylic acid groups (broad SMARTS) is 1. The van der Waals surface area contributed by atoms with E-state index < -0.39 is 18.0 Å². The molecule has 8 heteroatoms. The molecular weight excluding hydrogens is 644 g/mol. The molecule has 8 nitrogen and oxygen atoms in total. The molecule has 0 fully saturated rings. The Bertz CT molecular complexity index is 938. The van der Waals surface area contributed by atoms with Gasteiger partial charge in [0.1, 0.15) is 13.2 Å². The Morgan fingerprint density at radius 2 is 0.882 bits per heavy atom. The topological polar surface area (TPSA) is 116 Å². The normalized spacial score (nSPS) is 12.2. The van der Waals surface area contributed by atoms with Crippen molar-refractivity contribution in [1.29, 1.82) is 0 Å². The fourth-order valence-corrected chi connectivity index (χ4v) is 5.57.